The predicted octanol–water partition coefficient (Wildman–Crippen LogP) is 2.20. The Kier molecular flexibility index (Phi) is 2.52. The van der Waals surface area contributed by atoms with Gasteiger partial charge in [-0.2, -0.15) is 0 Å². The van der Waals surface area contributed by atoms with Crippen LogP contribution in [0.2, 0.25) is 5.02 Å². The van der Waals surface area contributed by atoms with Crippen LogP contribution >= 0.6 is 27.5 Å². The number of hydrogen-bond donors (Lipinski definition) is 1. The first-order valence-corrected chi connectivity index (χ1v) is 4.04. The van der Waals surface area contributed by atoms with Crippen molar-refractivity contribution in [2.24, 2.45) is 5.73 Å². The molecule has 0 heterocycles. The van der Waals surface area contributed by atoms with Gasteiger partial charge in [-0.25, -0.2) is 0 Å². The number of hydrogen-bond acceptors (Lipinski definition) is 1. The number of benzene rings is 1. The van der Waals surface area contributed by atoms with Crippen LogP contribution < -0.4 is 5.73 Å². The minimum Gasteiger partial charge on any atom is -0.366 e. The largest absolute Gasteiger partial charge is 0.366 e. The van der Waals surface area contributed by atoms with Crippen LogP contribution in [-0.2, 0) is 0 Å². The second-order valence-electron chi connectivity index (χ2n) is 1.97. The fourth-order valence-corrected chi connectivity index (χ4v) is 1.33. The van der Waals surface area contributed by atoms with E-state index in [1.807, 2.05) is 0 Å². The fraction of sp³-hybridized carbons (Fsp3) is 0. The van der Waals surface area contributed by atoms with Crippen molar-refractivity contribution in [2.75, 3.05) is 0 Å². The average molecular weight is 234 g/mol. The van der Waals surface area contributed by atoms with Crippen molar-refractivity contribution in [1.82, 2.24) is 0 Å². The van der Waals surface area contributed by atoms with Gasteiger partial charge >= 0.3 is 0 Å². The number of primary amides is 1. The van der Waals surface area contributed by atoms with Gasteiger partial charge in [0.05, 0.1) is 10.6 Å². The molecule has 2 nitrogen and oxygen atoms in total. The number of carbonyl (C=O) groups excluding carboxylic acids is 1. The molecule has 0 aliphatic carbocycles. The number of amides is 1. The molecule has 0 aliphatic rings. The molecule has 11 heavy (non-hydrogen) atoms. The van der Waals surface area contributed by atoms with Crippen molar-refractivity contribution in [1.29, 1.82) is 0 Å². The molecule has 2 N–H and O–H groups in total. The van der Waals surface area contributed by atoms with Crippen LogP contribution in [0.15, 0.2) is 22.7 Å². The summed E-state index contributed by atoms with van der Waals surface area (Å²) in [5.41, 5.74) is 5.46. The number of nitrogens with two attached hydrogens (primary N) is 1. The minimum absolute atomic E-state index is 0.400. The van der Waals surface area contributed by atoms with Crippen molar-refractivity contribution in [3.63, 3.8) is 0 Å². The quantitative estimate of drug-likeness (QED) is 0.795. The van der Waals surface area contributed by atoms with Gasteiger partial charge in [0.2, 0.25) is 5.91 Å². The SMILES string of the molecule is NC(=O)c1cccc(Cl)c1Br. The zero-order valence-electron chi connectivity index (χ0n) is 5.47. The van der Waals surface area contributed by atoms with Crippen molar-refractivity contribution in [3.05, 3.63) is 33.3 Å². The Hall–Kier alpha value is -0.540. The Morgan fingerprint density at radius 3 is 2.64 bits per heavy atom. The second kappa shape index (κ2) is 3.24. The van der Waals surface area contributed by atoms with Crippen LogP contribution in [0.3, 0.4) is 0 Å². The first-order valence-electron chi connectivity index (χ1n) is 2.86. The van der Waals surface area contributed by atoms with Crippen LogP contribution in [-0.4, -0.2) is 5.91 Å². The summed E-state index contributed by atoms with van der Waals surface area (Å²) >= 11 is 8.85. The molecule has 0 aromatic heterocycles. The van der Waals surface area contributed by atoms with E-state index in [-0.39, 0.29) is 0 Å². The molecule has 4 heteroatoms. The molecular weight excluding hydrogens is 229 g/mol. The first kappa shape index (κ1) is 8.56. The zero-order valence-corrected chi connectivity index (χ0v) is 7.82. The highest BCUT2D eigenvalue weighted by molar-refractivity contribution is 9.10. The van der Waals surface area contributed by atoms with Gasteiger partial charge in [-0.3, -0.25) is 4.79 Å². The van der Waals surface area contributed by atoms with E-state index in [4.69, 9.17) is 17.3 Å². The molecule has 0 atom stereocenters. The molecule has 0 saturated carbocycles. The van der Waals surface area contributed by atoms with Crippen molar-refractivity contribution in [3.8, 4) is 0 Å². The molecule has 0 saturated heterocycles. The van der Waals surface area contributed by atoms with Gasteiger partial charge in [-0.15, -0.1) is 0 Å². The van der Waals surface area contributed by atoms with Crippen LogP contribution in [0.1, 0.15) is 10.4 Å². The number of rotatable bonds is 1. The highest BCUT2D eigenvalue weighted by Crippen LogP contribution is 2.25. The van der Waals surface area contributed by atoms with Crippen molar-refractivity contribution < 1.29 is 4.79 Å². The Balaban J connectivity index is 3.27. The first-order chi connectivity index (χ1) is 5.13. The smallest absolute Gasteiger partial charge is 0.249 e. The lowest BCUT2D eigenvalue weighted by molar-refractivity contribution is 0.0999. The van der Waals surface area contributed by atoms with E-state index in [1.165, 1.54) is 0 Å². The summed E-state index contributed by atoms with van der Waals surface area (Å²) in [6.45, 7) is 0. The molecule has 0 radical (unpaired) electrons. The van der Waals surface area contributed by atoms with Gasteiger partial charge in [0, 0.05) is 4.47 Å². The summed E-state index contributed by atoms with van der Waals surface area (Å²) in [4.78, 5) is 10.7. The van der Waals surface area contributed by atoms with E-state index in [9.17, 15) is 4.79 Å². The Morgan fingerprint density at radius 2 is 2.18 bits per heavy atom. The monoisotopic (exact) mass is 233 g/mol. The van der Waals surface area contributed by atoms with Gasteiger partial charge in [-0.1, -0.05) is 17.7 Å². The van der Waals surface area contributed by atoms with Gasteiger partial charge < -0.3 is 5.73 Å². The van der Waals surface area contributed by atoms with Crippen molar-refractivity contribution in [2.45, 2.75) is 0 Å². The summed E-state index contributed by atoms with van der Waals surface area (Å²) in [6, 6.07) is 4.96. The van der Waals surface area contributed by atoms with Crippen LogP contribution in [0.4, 0.5) is 0 Å². The van der Waals surface area contributed by atoms with E-state index in [1.54, 1.807) is 18.2 Å². The third-order valence-corrected chi connectivity index (χ3v) is 2.61. The molecule has 1 rings (SSSR count). The summed E-state index contributed by atoms with van der Waals surface area (Å²) in [5, 5.41) is 0.487. The Morgan fingerprint density at radius 1 is 1.55 bits per heavy atom. The molecule has 1 aromatic rings. The molecule has 0 bridgehead atoms. The average Bonchev–Trinajstić information content (AvgIpc) is 1.94. The van der Waals surface area contributed by atoms with Crippen LogP contribution in [0.25, 0.3) is 0 Å². The van der Waals surface area contributed by atoms with Crippen molar-refractivity contribution >= 4 is 33.4 Å². The summed E-state index contributed by atoms with van der Waals surface area (Å²) in [7, 11) is 0. The zero-order chi connectivity index (χ0) is 8.43. The standard InChI is InChI=1S/C7H5BrClNO/c8-6-4(7(10)11)2-1-3-5(6)9/h1-3H,(H2,10,11). The fourth-order valence-electron chi connectivity index (χ4n) is 0.694. The topological polar surface area (TPSA) is 43.1 Å². The molecule has 1 aromatic carbocycles. The lowest BCUT2D eigenvalue weighted by atomic mass is 10.2. The molecule has 0 spiro atoms. The second-order valence-corrected chi connectivity index (χ2v) is 3.17. The third kappa shape index (κ3) is 1.73. The molecular formula is C7H5BrClNO. The third-order valence-electron chi connectivity index (χ3n) is 1.22. The highest BCUT2D eigenvalue weighted by Gasteiger charge is 2.07. The van der Waals surface area contributed by atoms with Gasteiger partial charge in [0.15, 0.2) is 0 Å². The van der Waals surface area contributed by atoms with Gasteiger partial charge in [-0.05, 0) is 28.1 Å². The minimum atomic E-state index is -0.487. The van der Waals surface area contributed by atoms with E-state index in [2.05, 4.69) is 15.9 Å². The molecule has 0 unspecified atom stereocenters. The Labute approximate surface area is 77.5 Å². The van der Waals surface area contributed by atoms with Gasteiger partial charge in [0.1, 0.15) is 0 Å². The predicted molar refractivity (Wildman–Crippen MR) is 47.7 cm³/mol. The van der Waals surface area contributed by atoms with E-state index < -0.39 is 5.91 Å². The van der Waals surface area contributed by atoms with E-state index in [0.29, 0.717) is 15.1 Å². The van der Waals surface area contributed by atoms with E-state index >= 15 is 0 Å². The normalized spacial score (nSPS) is 9.64. The maximum Gasteiger partial charge on any atom is 0.249 e. The maximum atomic E-state index is 10.7. The van der Waals surface area contributed by atoms with Gasteiger partial charge in [0.25, 0.3) is 0 Å². The lowest BCUT2D eigenvalue weighted by Gasteiger charge is -1.99. The van der Waals surface area contributed by atoms with Crippen LogP contribution in [0, 0.1) is 0 Å². The number of carbonyl (C=O) groups is 1. The molecule has 0 aliphatic heterocycles. The molecule has 58 valence electrons. The Bertz CT molecular complexity index is 300. The summed E-state index contributed by atoms with van der Waals surface area (Å²) in [6.07, 6.45) is 0. The highest BCUT2D eigenvalue weighted by atomic mass is 79.9. The lowest BCUT2D eigenvalue weighted by Crippen LogP contribution is -2.11. The van der Waals surface area contributed by atoms with Crippen LogP contribution in [0.5, 0.6) is 0 Å². The molecule has 1 amide bonds. The number of halogens is 2. The molecule has 0 fully saturated rings. The summed E-state index contributed by atoms with van der Waals surface area (Å²) < 4.78 is 0.550. The van der Waals surface area contributed by atoms with E-state index in [0.717, 1.165) is 0 Å². The maximum absolute atomic E-state index is 10.7. The summed E-state index contributed by atoms with van der Waals surface area (Å²) in [5.74, 6) is -0.487.